The Hall–Kier alpha value is -0.790. The van der Waals surface area contributed by atoms with Crippen LogP contribution in [0.2, 0.25) is 4.47 Å². The Labute approximate surface area is 114 Å². The number of alkyl halides is 3. The second-order valence-electron chi connectivity index (χ2n) is 3.32. The zero-order valence-electron chi connectivity index (χ0n) is 8.74. The van der Waals surface area contributed by atoms with E-state index >= 15 is 0 Å². The summed E-state index contributed by atoms with van der Waals surface area (Å²) in [5.74, 6) is 0.372. The van der Waals surface area contributed by atoms with Gasteiger partial charge in [-0.2, -0.15) is 22.5 Å². The lowest BCUT2D eigenvalue weighted by Crippen LogP contribution is -2.04. The van der Waals surface area contributed by atoms with Crippen LogP contribution in [0, 0.1) is 0 Å². The van der Waals surface area contributed by atoms with E-state index < -0.39 is 11.7 Å². The van der Waals surface area contributed by atoms with Crippen molar-refractivity contribution in [3.05, 3.63) is 39.9 Å². The van der Waals surface area contributed by atoms with Gasteiger partial charge in [-0.05, 0) is 34.8 Å². The standard InChI is InChI=1S/C10H6ClF3N2S2/c11-8-15-9(16-18-8)17-5-6-2-1-3-7(4-6)10(12,13)14/h1-4H,5H2. The van der Waals surface area contributed by atoms with Gasteiger partial charge in [0.15, 0.2) is 0 Å². The molecule has 0 aliphatic carbocycles. The molecule has 96 valence electrons. The molecule has 0 N–H and O–H groups in total. The summed E-state index contributed by atoms with van der Waals surface area (Å²) in [6.07, 6.45) is -4.32. The highest BCUT2D eigenvalue weighted by molar-refractivity contribution is 7.98. The maximum atomic E-state index is 12.5. The summed E-state index contributed by atoms with van der Waals surface area (Å²) in [5.41, 5.74) is -0.0781. The Morgan fingerprint density at radius 1 is 1.33 bits per heavy atom. The fourth-order valence-corrected chi connectivity index (χ4v) is 2.80. The molecule has 0 amide bonds. The Morgan fingerprint density at radius 2 is 2.11 bits per heavy atom. The summed E-state index contributed by atoms with van der Waals surface area (Å²) < 4.78 is 41.7. The first-order valence-corrected chi connectivity index (χ1v) is 6.87. The van der Waals surface area contributed by atoms with E-state index in [9.17, 15) is 13.2 Å². The highest BCUT2D eigenvalue weighted by Crippen LogP contribution is 2.31. The molecule has 0 atom stereocenters. The zero-order chi connectivity index (χ0) is 13.2. The zero-order valence-corrected chi connectivity index (χ0v) is 11.1. The third kappa shape index (κ3) is 3.60. The minimum Gasteiger partial charge on any atom is -0.198 e. The molecule has 0 aliphatic heterocycles. The van der Waals surface area contributed by atoms with Gasteiger partial charge in [0.2, 0.25) is 9.62 Å². The molecule has 0 fully saturated rings. The molecule has 0 spiro atoms. The summed E-state index contributed by atoms with van der Waals surface area (Å²) in [5, 5.41) is 0.474. The van der Waals surface area contributed by atoms with Crippen molar-refractivity contribution in [3.63, 3.8) is 0 Å². The van der Waals surface area contributed by atoms with Gasteiger partial charge in [-0.1, -0.05) is 30.0 Å². The Morgan fingerprint density at radius 3 is 2.72 bits per heavy atom. The fourth-order valence-electron chi connectivity index (χ4n) is 1.24. The maximum Gasteiger partial charge on any atom is 0.416 e. The van der Waals surface area contributed by atoms with Crippen LogP contribution < -0.4 is 0 Å². The van der Waals surface area contributed by atoms with E-state index in [1.54, 1.807) is 6.07 Å². The highest BCUT2D eigenvalue weighted by Gasteiger charge is 2.30. The predicted octanol–water partition coefficient (Wildman–Crippen LogP) is 4.50. The van der Waals surface area contributed by atoms with Crippen LogP contribution >= 0.6 is 34.9 Å². The molecule has 0 radical (unpaired) electrons. The lowest BCUT2D eigenvalue weighted by Gasteiger charge is -2.07. The van der Waals surface area contributed by atoms with Gasteiger partial charge in [0.1, 0.15) is 0 Å². The monoisotopic (exact) mass is 310 g/mol. The number of nitrogens with zero attached hydrogens (tertiary/aromatic N) is 2. The minimum atomic E-state index is -4.32. The number of halogens is 4. The van der Waals surface area contributed by atoms with E-state index in [2.05, 4.69) is 9.36 Å². The van der Waals surface area contributed by atoms with Crippen LogP contribution in [0.25, 0.3) is 0 Å². The lowest BCUT2D eigenvalue weighted by molar-refractivity contribution is -0.137. The van der Waals surface area contributed by atoms with Crippen LogP contribution in [0.3, 0.4) is 0 Å². The molecule has 1 aromatic carbocycles. The maximum absolute atomic E-state index is 12.5. The highest BCUT2D eigenvalue weighted by atomic mass is 35.5. The Balaban J connectivity index is 2.06. The van der Waals surface area contributed by atoms with Gasteiger partial charge in [0, 0.05) is 5.75 Å². The molecule has 2 rings (SSSR count). The van der Waals surface area contributed by atoms with Gasteiger partial charge in [0.25, 0.3) is 0 Å². The molecule has 0 aliphatic rings. The van der Waals surface area contributed by atoms with Crippen LogP contribution in [0.4, 0.5) is 13.2 Å². The SMILES string of the molecule is FC(F)(F)c1cccc(CSc2nsc(Cl)n2)c1. The summed E-state index contributed by atoms with van der Waals surface area (Å²) in [6.45, 7) is 0. The molecule has 0 unspecified atom stereocenters. The molecule has 2 nitrogen and oxygen atoms in total. The van der Waals surface area contributed by atoms with Crippen molar-refractivity contribution < 1.29 is 13.2 Å². The minimum absolute atomic E-state index is 0.321. The van der Waals surface area contributed by atoms with Gasteiger partial charge in [-0.15, -0.1) is 0 Å². The quantitative estimate of drug-likeness (QED) is 0.780. The lowest BCUT2D eigenvalue weighted by atomic mass is 10.1. The molecule has 0 saturated carbocycles. The average Bonchev–Trinajstić information content (AvgIpc) is 2.72. The number of rotatable bonds is 3. The van der Waals surface area contributed by atoms with Crippen LogP contribution in [0.15, 0.2) is 29.4 Å². The largest absolute Gasteiger partial charge is 0.416 e. The number of hydrogen-bond donors (Lipinski definition) is 0. The van der Waals surface area contributed by atoms with Crippen molar-refractivity contribution >= 4 is 34.9 Å². The van der Waals surface area contributed by atoms with Crippen molar-refractivity contribution in [2.75, 3.05) is 0 Å². The third-order valence-corrected chi connectivity index (χ3v) is 3.84. The van der Waals surface area contributed by atoms with Gasteiger partial charge >= 0.3 is 6.18 Å². The van der Waals surface area contributed by atoms with E-state index in [1.165, 1.54) is 17.8 Å². The predicted molar refractivity (Wildman–Crippen MR) is 65.9 cm³/mol. The molecule has 2 aromatic rings. The van der Waals surface area contributed by atoms with Gasteiger partial charge in [-0.3, -0.25) is 0 Å². The smallest absolute Gasteiger partial charge is 0.198 e. The molecular weight excluding hydrogens is 305 g/mol. The Kier molecular flexibility index (Phi) is 4.14. The van der Waals surface area contributed by atoms with Crippen LogP contribution in [0.1, 0.15) is 11.1 Å². The van der Waals surface area contributed by atoms with Crippen molar-refractivity contribution in [3.8, 4) is 0 Å². The summed E-state index contributed by atoms with van der Waals surface area (Å²) in [6, 6.07) is 5.20. The molecule has 1 aromatic heterocycles. The molecule has 8 heteroatoms. The first kappa shape index (κ1) is 13.6. The second kappa shape index (κ2) is 5.46. The number of benzene rings is 1. The number of hydrogen-bond acceptors (Lipinski definition) is 4. The second-order valence-corrected chi connectivity index (χ2v) is 5.59. The first-order valence-electron chi connectivity index (χ1n) is 4.73. The van der Waals surface area contributed by atoms with E-state index in [-0.39, 0.29) is 0 Å². The summed E-state index contributed by atoms with van der Waals surface area (Å²) >= 11 is 7.91. The van der Waals surface area contributed by atoms with Crippen LogP contribution in [0.5, 0.6) is 0 Å². The normalized spacial score (nSPS) is 11.8. The van der Waals surface area contributed by atoms with E-state index in [1.807, 2.05) is 0 Å². The summed E-state index contributed by atoms with van der Waals surface area (Å²) in [7, 11) is 0. The first-order chi connectivity index (χ1) is 8.45. The average molecular weight is 311 g/mol. The molecule has 0 saturated heterocycles. The Bertz CT molecular complexity index is 542. The number of aromatic nitrogens is 2. The summed E-state index contributed by atoms with van der Waals surface area (Å²) in [4.78, 5) is 3.91. The van der Waals surface area contributed by atoms with Crippen molar-refractivity contribution in [2.45, 2.75) is 17.1 Å². The third-order valence-electron chi connectivity index (χ3n) is 2.00. The topological polar surface area (TPSA) is 25.8 Å². The van der Waals surface area contributed by atoms with E-state index in [0.29, 0.717) is 20.9 Å². The van der Waals surface area contributed by atoms with Gasteiger partial charge < -0.3 is 0 Å². The molecular formula is C10H6ClF3N2S2. The van der Waals surface area contributed by atoms with Crippen LogP contribution in [-0.2, 0) is 11.9 Å². The van der Waals surface area contributed by atoms with E-state index in [4.69, 9.17) is 11.6 Å². The molecule has 0 bridgehead atoms. The fraction of sp³-hybridized carbons (Fsp3) is 0.200. The molecule has 1 heterocycles. The van der Waals surface area contributed by atoms with Crippen molar-refractivity contribution in [1.29, 1.82) is 0 Å². The van der Waals surface area contributed by atoms with Gasteiger partial charge in [0.05, 0.1) is 5.56 Å². The van der Waals surface area contributed by atoms with E-state index in [0.717, 1.165) is 23.7 Å². The van der Waals surface area contributed by atoms with Crippen molar-refractivity contribution in [2.24, 2.45) is 0 Å². The van der Waals surface area contributed by atoms with Crippen LogP contribution in [-0.4, -0.2) is 9.36 Å². The van der Waals surface area contributed by atoms with Gasteiger partial charge in [-0.25, -0.2) is 0 Å². The molecule has 18 heavy (non-hydrogen) atoms. The van der Waals surface area contributed by atoms with Crippen molar-refractivity contribution in [1.82, 2.24) is 9.36 Å². The number of thioether (sulfide) groups is 1.